The first-order valence-corrected chi connectivity index (χ1v) is 11.9. The molecular weight excluding hydrogens is 424 g/mol. The maximum atomic E-state index is 12.9. The Bertz CT molecular complexity index is 975. The van der Waals surface area contributed by atoms with Gasteiger partial charge in [-0.05, 0) is 60.7 Å². The number of anilines is 1. The van der Waals surface area contributed by atoms with E-state index in [0.717, 1.165) is 28.3 Å². The first-order chi connectivity index (χ1) is 14.0. The molecule has 1 atom stereocenters. The average molecular weight is 453 g/mol. The third-order valence-corrected chi connectivity index (χ3v) is 6.04. The van der Waals surface area contributed by atoms with Crippen LogP contribution in [0.15, 0.2) is 42.5 Å². The largest absolute Gasteiger partial charge is 0.497 e. The summed E-state index contributed by atoms with van der Waals surface area (Å²) < 4.78 is 31.1. The molecule has 30 heavy (non-hydrogen) atoms. The number of methoxy groups -OCH3 is 1. The van der Waals surface area contributed by atoms with Gasteiger partial charge in [0, 0.05) is 5.02 Å². The minimum atomic E-state index is -3.67. The Morgan fingerprint density at radius 3 is 2.30 bits per heavy atom. The molecule has 0 fully saturated rings. The zero-order valence-electron chi connectivity index (χ0n) is 18.0. The summed E-state index contributed by atoms with van der Waals surface area (Å²) in [5.74, 6) is 0.688. The standard InChI is InChI=1S/C22H29ClN2O4S/c1-15(2)12-20(17-6-9-19(29-4)10-7-17)24-22(26)14-25(30(5,27)28)21-11-8-18(23)13-16(21)3/h6-11,13,15,20H,12,14H2,1-5H3,(H,24,26)/t20-/m0/s1. The topological polar surface area (TPSA) is 75.7 Å². The van der Waals surface area contributed by atoms with Crippen molar-refractivity contribution in [3.05, 3.63) is 58.6 Å². The quantitative estimate of drug-likeness (QED) is 0.614. The zero-order valence-corrected chi connectivity index (χ0v) is 19.5. The number of sulfonamides is 1. The second-order valence-electron chi connectivity index (χ2n) is 7.72. The molecule has 0 heterocycles. The molecule has 0 bridgehead atoms. The third kappa shape index (κ3) is 6.64. The lowest BCUT2D eigenvalue weighted by molar-refractivity contribution is -0.120. The number of ether oxygens (including phenoxy) is 1. The fourth-order valence-electron chi connectivity index (χ4n) is 3.24. The van der Waals surface area contributed by atoms with Crippen LogP contribution < -0.4 is 14.4 Å². The summed E-state index contributed by atoms with van der Waals surface area (Å²) >= 11 is 5.99. The van der Waals surface area contributed by atoms with E-state index >= 15 is 0 Å². The normalized spacial score (nSPS) is 12.5. The van der Waals surface area contributed by atoms with Crippen molar-refractivity contribution in [2.24, 2.45) is 5.92 Å². The van der Waals surface area contributed by atoms with E-state index in [9.17, 15) is 13.2 Å². The van der Waals surface area contributed by atoms with E-state index in [1.807, 2.05) is 24.3 Å². The van der Waals surface area contributed by atoms with E-state index < -0.39 is 10.0 Å². The van der Waals surface area contributed by atoms with E-state index in [0.29, 0.717) is 22.2 Å². The molecule has 0 spiro atoms. The highest BCUT2D eigenvalue weighted by molar-refractivity contribution is 7.92. The highest BCUT2D eigenvalue weighted by Gasteiger charge is 2.24. The molecule has 8 heteroatoms. The lowest BCUT2D eigenvalue weighted by Gasteiger charge is -2.26. The summed E-state index contributed by atoms with van der Waals surface area (Å²) in [4.78, 5) is 12.9. The molecule has 0 radical (unpaired) electrons. The minimum absolute atomic E-state index is 0.240. The van der Waals surface area contributed by atoms with Crippen LogP contribution in [0.1, 0.15) is 37.4 Å². The van der Waals surface area contributed by atoms with Gasteiger partial charge in [0.05, 0.1) is 25.1 Å². The molecule has 0 aromatic heterocycles. The van der Waals surface area contributed by atoms with Crippen LogP contribution in [0.3, 0.4) is 0 Å². The fraction of sp³-hybridized carbons (Fsp3) is 0.409. The van der Waals surface area contributed by atoms with Crippen molar-refractivity contribution in [3.63, 3.8) is 0 Å². The summed E-state index contributed by atoms with van der Waals surface area (Å²) in [7, 11) is -2.07. The number of nitrogens with one attached hydrogen (secondary N) is 1. The Morgan fingerprint density at radius 1 is 1.17 bits per heavy atom. The number of amides is 1. The number of hydrogen-bond donors (Lipinski definition) is 1. The average Bonchev–Trinajstić information content (AvgIpc) is 2.65. The zero-order chi connectivity index (χ0) is 22.5. The highest BCUT2D eigenvalue weighted by Crippen LogP contribution is 2.27. The van der Waals surface area contributed by atoms with Crippen molar-refractivity contribution in [2.45, 2.75) is 33.2 Å². The molecule has 0 aliphatic heterocycles. The molecular formula is C22H29ClN2O4S. The van der Waals surface area contributed by atoms with Crippen LogP contribution in [0.5, 0.6) is 5.75 Å². The number of rotatable bonds is 9. The van der Waals surface area contributed by atoms with Crippen LogP contribution in [-0.4, -0.2) is 34.2 Å². The molecule has 2 aromatic rings. The first kappa shape index (κ1) is 24.0. The molecule has 6 nitrogen and oxygen atoms in total. The Morgan fingerprint density at radius 2 is 1.80 bits per heavy atom. The van der Waals surface area contributed by atoms with E-state index in [1.54, 1.807) is 32.2 Å². The monoisotopic (exact) mass is 452 g/mol. The summed E-state index contributed by atoms with van der Waals surface area (Å²) in [6, 6.07) is 12.2. The van der Waals surface area contributed by atoms with Gasteiger partial charge in [0.15, 0.2) is 0 Å². The smallest absolute Gasteiger partial charge is 0.241 e. The summed E-state index contributed by atoms with van der Waals surface area (Å²) in [5.41, 5.74) is 2.04. The van der Waals surface area contributed by atoms with Crippen molar-refractivity contribution in [1.29, 1.82) is 0 Å². The van der Waals surface area contributed by atoms with Gasteiger partial charge in [-0.1, -0.05) is 37.6 Å². The van der Waals surface area contributed by atoms with E-state index in [-0.39, 0.29) is 18.5 Å². The van der Waals surface area contributed by atoms with Gasteiger partial charge in [-0.15, -0.1) is 0 Å². The van der Waals surface area contributed by atoms with Gasteiger partial charge >= 0.3 is 0 Å². The lowest BCUT2D eigenvalue weighted by atomic mass is 9.97. The Labute approximate surface area is 184 Å². The van der Waals surface area contributed by atoms with Gasteiger partial charge in [-0.3, -0.25) is 9.10 Å². The maximum absolute atomic E-state index is 12.9. The predicted octanol–water partition coefficient (Wildman–Crippen LogP) is 4.33. The SMILES string of the molecule is COc1ccc([C@H](CC(C)C)NC(=O)CN(c2ccc(Cl)cc2C)S(C)(=O)=O)cc1. The Hall–Kier alpha value is -2.25. The van der Waals surface area contributed by atoms with Gasteiger partial charge in [-0.25, -0.2) is 8.42 Å². The first-order valence-electron chi connectivity index (χ1n) is 9.68. The summed E-state index contributed by atoms with van der Waals surface area (Å²) in [6.45, 7) is 5.59. The molecule has 1 amide bonds. The van der Waals surface area contributed by atoms with E-state index in [2.05, 4.69) is 19.2 Å². The lowest BCUT2D eigenvalue weighted by Crippen LogP contribution is -2.42. The van der Waals surface area contributed by atoms with E-state index in [4.69, 9.17) is 16.3 Å². The van der Waals surface area contributed by atoms with Crippen molar-refractivity contribution in [2.75, 3.05) is 24.2 Å². The third-order valence-electron chi connectivity index (χ3n) is 4.68. The second-order valence-corrected chi connectivity index (χ2v) is 10.1. The molecule has 164 valence electrons. The van der Waals surface area contributed by atoms with Crippen LogP contribution in [-0.2, 0) is 14.8 Å². The molecule has 0 saturated carbocycles. The number of benzene rings is 2. The molecule has 0 unspecified atom stereocenters. The summed E-state index contributed by atoms with van der Waals surface area (Å²) in [6.07, 6.45) is 1.81. The number of carbonyl (C=O) groups is 1. The predicted molar refractivity (Wildman–Crippen MR) is 122 cm³/mol. The molecule has 0 aliphatic carbocycles. The number of halogens is 1. The minimum Gasteiger partial charge on any atom is -0.497 e. The van der Waals surface area contributed by atoms with Gasteiger partial charge in [0.1, 0.15) is 12.3 Å². The summed E-state index contributed by atoms with van der Waals surface area (Å²) in [5, 5.41) is 3.50. The van der Waals surface area contributed by atoms with Crippen LogP contribution in [0.2, 0.25) is 5.02 Å². The number of aryl methyl sites for hydroxylation is 1. The molecule has 2 rings (SSSR count). The number of carbonyl (C=O) groups excluding carboxylic acids is 1. The van der Waals surface area contributed by atoms with Crippen molar-refractivity contribution in [1.82, 2.24) is 5.32 Å². The van der Waals surface area contributed by atoms with Crippen LogP contribution in [0.4, 0.5) is 5.69 Å². The van der Waals surface area contributed by atoms with Gasteiger partial charge in [0.2, 0.25) is 15.9 Å². The molecule has 1 N–H and O–H groups in total. The fourth-order valence-corrected chi connectivity index (χ4v) is 4.38. The molecule has 2 aromatic carbocycles. The van der Waals surface area contributed by atoms with E-state index in [1.165, 1.54) is 0 Å². The highest BCUT2D eigenvalue weighted by atomic mass is 35.5. The molecule has 0 saturated heterocycles. The Kier molecular flexibility index (Phi) is 8.15. The van der Waals surface area contributed by atoms with Crippen molar-refractivity contribution < 1.29 is 17.9 Å². The van der Waals surface area contributed by atoms with Crippen molar-refractivity contribution >= 4 is 33.2 Å². The maximum Gasteiger partial charge on any atom is 0.241 e. The Balaban J connectivity index is 2.25. The van der Waals surface area contributed by atoms with Gasteiger partial charge < -0.3 is 10.1 Å². The van der Waals surface area contributed by atoms with Gasteiger partial charge in [0.25, 0.3) is 0 Å². The number of nitrogens with zero attached hydrogens (tertiary/aromatic N) is 1. The van der Waals surface area contributed by atoms with Crippen LogP contribution in [0.25, 0.3) is 0 Å². The van der Waals surface area contributed by atoms with Crippen LogP contribution in [0, 0.1) is 12.8 Å². The molecule has 0 aliphatic rings. The van der Waals surface area contributed by atoms with Crippen LogP contribution >= 0.6 is 11.6 Å². The van der Waals surface area contributed by atoms with Gasteiger partial charge in [-0.2, -0.15) is 0 Å². The van der Waals surface area contributed by atoms with Crippen molar-refractivity contribution in [3.8, 4) is 5.75 Å². The second kappa shape index (κ2) is 10.2. The number of hydrogen-bond acceptors (Lipinski definition) is 4.